The molecule has 0 aromatic rings. The first kappa shape index (κ1) is 15.3. The fourth-order valence-electron chi connectivity index (χ4n) is 4.60. The summed E-state index contributed by atoms with van der Waals surface area (Å²) in [4.78, 5) is 14.8. The van der Waals surface area contributed by atoms with Crippen molar-refractivity contribution in [1.82, 2.24) is 4.90 Å². The van der Waals surface area contributed by atoms with Crippen LogP contribution in [0.3, 0.4) is 0 Å². The molecule has 1 saturated heterocycles. The Morgan fingerprint density at radius 3 is 2.33 bits per heavy atom. The standard InChI is InChI=1S/C17H29NO3/c1-3-16(6-5-7-16)15(20)18-10-8-17(9-11-18)13(19)12-14(17)21-4-2/h13-14,19H,3-12H2,1-2H3. The van der Waals surface area contributed by atoms with Crippen molar-refractivity contribution in [3.8, 4) is 0 Å². The van der Waals surface area contributed by atoms with Crippen LogP contribution in [-0.2, 0) is 9.53 Å². The predicted octanol–water partition coefficient (Wildman–Crippen LogP) is 2.35. The highest BCUT2D eigenvalue weighted by molar-refractivity contribution is 5.83. The summed E-state index contributed by atoms with van der Waals surface area (Å²) < 4.78 is 5.79. The van der Waals surface area contributed by atoms with Crippen LogP contribution in [-0.4, -0.2) is 47.8 Å². The molecule has 2 aliphatic carbocycles. The predicted molar refractivity (Wildman–Crippen MR) is 80.9 cm³/mol. The van der Waals surface area contributed by atoms with E-state index in [0.717, 1.165) is 51.6 Å². The van der Waals surface area contributed by atoms with Crippen molar-refractivity contribution in [2.75, 3.05) is 19.7 Å². The number of nitrogens with zero attached hydrogens (tertiary/aromatic N) is 1. The summed E-state index contributed by atoms with van der Waals surface area (Å²) in [6.45, 7) is 6.45. The Hall–Kier alpha value is -0.610. The Balaban J connectivity index is 1.61. The van der Waals surface area contributed by atoms with E-state index in [1.807, 2.05) is 6.92 Å². The summed E-state index contributed by atoms with van der Waals surface area (Å²) >= 11 is 0. The minimum Gasteiger partial charge on any atom is -0.392 e. The van der Waals surface area contributed by atoms with E-state index in [1.165, 1.54) is 6.42 Å². The number of aliphatic hydroxyl groups excluding tert-OH is 1. The summed E-state index contributed by atoms with van der Waals surface area (Å²) in [5.41, 5.74) is -0.131. The van der Waals surface area contributed by atoms with Crippen LogP contribution in [0.4, 0.5) is 0 Å². The molecule has 0 radical (unpaired) electrons. The van der Waals surface area contributed by atoms with E-state index < -0.39 is 0 Å². The third-order valence-corrected chi connectivity index (χ3v) is 6.53. The second-order valence-corrected chi connectivity index (χ2v) is 7.21. The smallest absolute Gasteiger partial charge is 0.228 e. The van der Waals surface area contributed by atoms with E-state index in [4.69, 9.17) is 4.74 Å². The average molecular weight is 295 g/mol. The molecule has 4 nitrogen and oxygen atoms in total. The van der Waals surface area contributed by atoms with Gasteiger partial charge in [0.15, 0.2) is 0 Å². The Morgan fingerprint density at radius 1 is 1.24 bits per heavy atom. The minimum absolute atomic E-state index is 0.0535. The molecule has 0 bridgehead atoms. The molecular formula is C17H29NO3. The number of hydrogen-bond acceptors (Lipinski definition) is 3. The summed E-state index contributed by atoms with van der Waals surface area (Å²) in [5.74, 6) is 0.368. The minimum atomic E-state index is -0.241. The van der Waals surface area contributed by atoms with Crippen LogP contribution in [0.5, 0.6) is 0 Å². The number of carbonyl (C=O) groups is 1. The van der Waals surface area contributed by atoms with Crippen LogP contribution >= 0.6 is 0 Å². The number of aliphatic hydroxyl groups is 1. The second-order valence-electron chi connectivity index (χ2n) is 7.21. The van der Waals surface area contributed by atoms with Crippen LogP contribution in [0.25, 0.3) is 0 Å². The van der Waals surface area contributed by atoms with Gasteiger partial charge in [0.05, 0.1) is 12.2 Å². The summed E-state index contributed by atoms with van der Waals surface area (Å²) in [6.07, 6.45) is 6.80. The zero-order valence-corrected chi connectivity index (χ0v) is 13.4. The molecule has 0 aromatic heterocycles. The zero-order valence-electron chi connectivity index (χ0n) is 13.4. The Labute approximate surface area is 127 Å². The normalized spacial score (nSPS) is 33.4. The molecule has 3 aliphatic rings. The van der Waals surface area contributed by atoms with Crippen molar-refractivity contribution in [2.45, 2.75) is 71.0 Å². The van der Waals surface area contributed by atoms with E-state index in [2.05, 4.69) is 11.8 Å². The lowest BCUT2D eigenvalue weighted by molar-refractivity contribution is -0.211. The van der Waals surface area contributed by atoms with E-state index >= 15 is 0 Å². The number of rotatable bonds is 4. The van der Waals surface area contributed by atoms with E-state index in [1.54, 1.807) is 0 Å². The van der Waals surface area contributed by atoms with Crippen molar-refractivity contribution in [3.63, 3.8) is 0 Å². The second kappa shape index (κ2) is 5.54. The van der Waals surface area contributed by atoms with Gasteiger partial charge >= 0.3 is 0 Å². The molecule has 1 N–H and O–H groups in total. The molecule has 120 valence electrons. The number of amides is 1. The summed E-state index contributed by atoms with van der Waals surface area (Å²) in [5, 5.41) is 10.2. The average Bonchev–Trinajstić information content (AvgIpc) is 2.46. The number of carbonyl (C=O) groups excluding carboxylic acids is 1. The maximum absolute atomic E-state index is 12.8. The third kappa shape index (κ3) is 2.22. The molecule has 2 unspecified atom stereocenters. The van der Waals surface area contributed by atoms with E-state index in [-0.39, 0.29) is 23.0 Å². The molecule has 1 amide bonds. The number of likely N-dealkylation sites (tertiary alicyclic amines) is 1. The highest BCUT2D eigenvalue weighted by Crippen LogP contribution is 2.52. The van der Waals surface area contributed by atoms with Gasteiger partial charge in [-0.05, 0) is 39.0 Å². The SMILES string of the molecule is CCOC1CC(O)C12CCN(C(=O)C1(CC)CCC1)CC2. The number of ether oxygens (including phenoxy) is 1. The van der Waals surface area contributed by atoms with Gasteiger partial charge < -0.3 is 14.7 Å². The van der Waals surface area contributed by atoms with Gasteiger partial charge in [-0.1, -0.05) is 13.3 Å². The highest BCUT2D eigenvalue weighted by Gasteiger charge is 2.57. The number of piperidine rings is 1. The zero-order chi connectivity index (χ0) is 15.1. The largest absolute Gasteiger partial charge is 0.392 e. The van der Waals surface area contributed by atoms with Gasteiger partial charge in [-0.15, -0.1) is 0 Å². The van der Waals surface area contributed by atoms with Gasteiger partial charge in [-0.25, -0.2) is 0 Å². The van der Waals surface area contributed by atoms with Crippen molar-refractivity contribution in [2.24, 2.45) is 10.8 Å². The van der Waals surface area contributed by atoms with Gasteiger partial charge in [0.1, 0.15) is 0 Å². The molecule has 0 aromatic carbocycles. The van der Waals surface area contributed by atoms with Crippen LogP contribution in [0.2, 0.25) is 0 Å². The van der Waals surface area contributed by atoms with E-state index in [9.17, 15) is 9.90 Å². The van der Waals surface area contributed by atoms with Crippen molar-refractivity contribution in [1.29, 1.82) is 0 Å². The highest BCUT2D eigenvalue weighted by atomic mass is 16.5. The molecule has 1 aliphatic heterocycles. The lowest BCUT2D eigenvalue weighted by atomic mass is 9.58. The maximum Gasteiger partial charge on any atom is 0.228 e. The summed E-state index contributed by atoms with van der Waals surface area (Å²) in [7, 11) is 0. The lowest BCUT2D eigenvalue weighted by Crippen LogP contribution is -2.63. The quantitative estimate of drug-likeness (QED) is 0.866. The van der Waals surface area contributed by atoms with Crippen LogP contribution in [0.1, 0.15) is 58.8 Å². The molecule has 2 saturated carbocycles. The fraction of sp³-hybridized carbons (Fsp3) is 0.941. The molecule has 1 spiro atoms. The topological polar surface area (TPSA) is 49.8 Å². The van der Waals surface area contributed by atoms with Gasteiger partial charge in [-0.3, -0.25) is 4.79 Å². The fourth-order valence-corrected chi connectivity index (χ4v) is 4.60. The van der Waals surface area contributed by atoms with Crippen molar-refractivity contribution >= 4 is 5.91 Å². The van der Waals surface area contributed by atoms with Crippen LogP contribution in [0.15, 0.2) is 0 Å². The van der Waals surface area contributed by atoms with Gasteiger partial charge in [-0.2, -0.15) is 0 Å². The first-order valence-corrected chi connectivity index (χ1v) is 8.67. The molecule has 3 fully saturated rings. The lowest BCUT2D eigenvalue weighted by Gasteiger charge is -2.57. The van der Waals surface area contributed by atoms with Gasteiger partial charge in [0.25, 0.3) is 0 Å². The van der Waals surface area contributed by atoms with E-state index in [0.29, 0.717) is 12.5 Å². The Morgan fingerprint density at radius 2 is 1.90 bits per heavy atom. The van der Waals surface area contributed by atoms with Crippen LogP contribution < -0.4 is 0 Å². The van der Waals surface area contributed by atoms with Crippen molar-refractivity contribution < 1.29 is 14.6 Å². The van der Waals surface area contributed by atoms with Gasteiger partial charge in [0.2, 0.25) is 5.91 Å². The first-order chi connectivity index (χ1) is 10.1. The summed E-state index contributed by atoms with van der Waals surface area (Å²) in [6, 6.07) is 0. The van der Waals surface area contributed by atoms with Crippen molar-refractivity contribution in [3.05, 3.63) is 0 Å². The first-order valence-electron chi connectivity index (χ1n) is 8.67. The Bertz CT molecular complexity index is 389. The Kier molecular flexibility index (Phi) is 4.04. The molecule has 1 heterocycles. The molecule has 4 heteroatoms. The molecule has 21 heavy (non-hydrogen) atoms. The third-order valence-electron chi connectivity index (χ3n) is 6.53. The molecule has 3 rings (SSSR count). The monoisotopic (exact) mass is 295 g/mol. The van der Waals surface area contributed by atoms with Crippen LogP contribution in [0, 0.1) is 10.8 Å². The number of hydrogen-bond donors (Lipinski definition) is 1. The van der Waals surface area contributed by atoms with Gasteiger partial charge in [0, 0.05) is 36.9 Å². The molecule has 2 atom stereocenters. The molecular weight excluding hydrogens is 266 g/mol. The maximum atomic E-state index is 12.8.